The Hall–Kier alpha value is -3.21. The molecule has 0 fully saturated rings. The molecule has 0 radical (unpaired) electrons. The Labute approximate surface area is 136 Å². The fourth-order valence-electron chi connectivity index (χ4n) is 2.76. The molecule has 2 aromatic carbocycles. The van der Waals surface area contributed by atoms with Gasteiger partial charge in [0, 0.05) is 6.07 Å². The molecule has 4 rings (SSSR count). The molecule has 0 saturated heterocycles. The zero-order valence-electron chi connectivity index (χ0n) is 12.9. The lowest BCUT2D eigenvalue weighted by atomic mass is 10.1. The predicted molar refractivity (Wildman–Crippen MR) is 89.4 cm³/mol. The second kappa shape index (κ2) is 5.45. The third-order valence-electron chi connectivity index (χ3n) is 3.87. The third kappa shape index (κ3) is 2.22. The molecule has 0 saturated carbocycles. The van der Waals surface area contributed by atoms with Crippen LogP contribution in [0.2, 0.25) is 0 Å². The van der Waals surface area contributed by atoms with E-state index in [4.69, 9.17) is 13.6 Å². The Morgan fingerprint density at radius 2 is 1.92 bits per heavy atom. The minimum Gasteiger partial charge on any atom is -0.506 e. The number of hydrogen-bond acceptors (Lipinski definition) is 5. The summed E-state index contributed by atoms with van der Waals surface area (Å²) in [5, 5.41) is 10.9. The van der Waals surface area contributed by atoms with E-state index in [1.807, 2.05) is 30.3 Å². The molecule has 0 bridgehead atoms. The molecule has 4 aromatic rings. The molecule has 0 atom stereocenters. The van der Waals surface area contributed by atoms with Crippen molar-refractivity contribution in [1.29, 1.82) is 0 Å². The minimum absolute atomic E-state index is 0.0950. The average molecular weight is 322 g/mol. The number of phenols is 1. The van der Waals surface area contributed by atoms with Crippen molar-refractivity contribution in [2.75, 3.05) is 0 Å². The van der Waals surface area contributed by atoms with Crippen LogP contribution >= 0.6 is 0 Å². The Balaban J connectivity index is 1.96. The van der Waals surface area contributed by atoms with E-state index in [1.165, 1.54) is 12.3 Å². The molecule has 0 aliphatic carbocycles. The van der Waals surface area contributed by atoms with Crippen LogP contribution in [0.4, 0.5) is 0 Å². The molecule has 0 amide bonds. The largest absolute Gasteiger partial charge is 0.506 e. The number of rotatable bonds is 3. The molecule has 120 valence electrons. The quantitative estimate of drug-likeness (QED) is 0.614. The Bertz CT molecular complexity index is 1090. The molecular formula is C19H14O5. The van der Waals surface area contributed by atoms with Crippen molar-refractivity contribution in [3.63, 3.8) is 0 Å². The molecule has 0 spiro atoms. The molecule has 5 nitrogen and oxygen atoms in total. The van der Waals surface area contributed by atoms with Gasteiger partial charge in [0.1, 0.15) is 23.5 Å². The number of benzene rings is 2. The number of ether oxygens (including phenoxy) is 1. The molecule has 0 aliphatic heterocycles. The number of phenolic OH excluding ortho intramolecular Hbond substituents is 1. The summed E-state index contributed by atoms with van der Waals surface area (Å²) in [6.45, 7) is 1.96. The highest BCUT2D eigenvalue weighted by molar-refractivity contribution is 6.06. The van der Waals surface area contributed by atoms with E-state index in [-0.39, 0.29) is 28.8 Å². The lowest BCUT2D eigenvalue weighted by molar-refractivity contribution is 0.303. The van der Waals surface area contributed by atoms with Crippen LogP contribution in [-0.4, -0.2) is 5.11 Å². The smallest absolute Gasteiger partial charge is 0.206 e. The zero-order chi connectivity index (χ0) is 16.7. The number of aromatic hydroxyl groups is 1. The summed E-state index contributed by atoms with van der Waals surface area (Å²) in [6, 6.07) is 12.6. The molecule has 24 heavy (non-hydrogen) atoms. The molecule has 0 aliphatic rings. The Morgan fingerprint density at radius 3 is 2.71 bits per heavy atom. The summed E-state index contributed by atoms with van der Waals surface area (Å²) in [5.41, 5.74) is 1.19. The molecular weight excluding hydrogens is 308 g/mol. The van der Waals surface area contributed by atoms with Crippen molar-refractivity contribution in [3.05, 3.63) is 70.3 Å². The topological polar surface area (TPSA) is 72.8 Å². The summed E-state index contributed by atoms with van der Waals surface area (Å²) in [5.74, 6) is 0.587. The maximum atomic E-state index is 12.3. The van der Waals surface area contributed by atoms with Crippen molar-refractivity contribution < 1.29 is 18.7 Å². The molecule has 2 heterocycles. The van der Waals surface area contributed by atoms with Crippen molar-refractivity contribution >= 4 is 21.9 Å². The first-order chi connectivity index (χ1) is 11.6. The fraction of sp³-hybridized carbons (Fsp3) is 0.105. The highest BCUT2D eigenvalue weighted by Gasteiger charge is 2.21. The maximum Gasteiger partial charge on any atom is 0.206 e. The minimum atomic E-state index is -0.320. The number of fused-ring (bicyclic) bond motifs is 2. The van der Waals surface area contributed by atoms with E-state index >= 15 is 0 Å². The highest BCUT2D eigenvalue weighted by atomic mass is 16.5. The first kappa shape index (κ1) is 14.4. The van der Waals surface area contributed by atoms with Crippen LogP contribution in [0.25, 0.3) is 21.9 Å². The fourth-order valence-corrected chi connectivity index (χ4v) is 2.76. The van der Waals surface area contributed by atoms with Crippen molar-refractivity contribution in [1.82, 2.24) is 0 Å². The van der Waals surface area contributed by atoms with Gasteiger partial charge in [-0.1, -0.05) is 30.3 Å². The van der Waals surface area contributed by atoms with Crippen molar-refractivity contribution in [3.8, 4) is 11.5 Å². The van der Waals surface area contributed by atoms with Gasteiger partial charge in [0.25, 0.3) is 0 Å². The van der Waals surface area contributed by atoms with Gasteiger partial charge in [-0.2, -0.15) is 0 Å². The average Bonchev–Trinajstić information content (AvgIpc) is 3.05. The van der Waals surface area contributed by atoms with E-state index in [2.05, 4.69) is 0 Å². The Kier molecular flexibility index (Phi) is 3.27. The first-order valence-electron chi connectivity index (χ1n) is 7.48. The summed E-state index contributed by atoms with van der Waals surface area (Å²) < 4.78 is 17.0. The predicted octanol–water partition coefficient (Wildman–Crippen LogP) is 4.13. The van der Waals surface area contributed by atoms with E-state index in [9.17, 15) is 9.90 Å². The van der Waals surface area contributed by atoms with Crippen LogP contribution in [0, 0.1) is 6.92 Å². The van der Waals surface area contributed by atoms with Crippen molar-refractivity contribution in [2.45, 2.75) is 13.5 Å². The van der Waals surface area contributed by atoms with E-state index in [0.29, 0.717) is 22.5 Å². The van der Waals surface area contributed by atoms with Gasteiger partial charge in [0.05, 0.1) is 11.6 Å². The lowest BCUT2D eigenvalue weighted by Gasteiger charge is -2.11. The van der Waals surface area contributed by atoms with Crippen LogP contribution in [0.15, 0.2) is 62.4 Å². The van der Waals surface area contributed by atoms with Crippen LogP contribution < -0.4 is 10.2 Å². The van der Waals surface area contributed by atoms with Gasteiger partial charge in [-0.15, -0.1) is 0 Å². The van der Waals surface area contributed by atoms with Crippen LogP contribution in [-0.2, 0) is 6.61 Å². The summed E-state index contributed by atoms with van der Waals surface area (Å²) in [6.07, 6.45) is 1.44. The van der Waals surface area contributed by atoms with Crippen LogP contribution in [0.5, 0.6) is 11.5 Å². The summed E-state index contributed by atoms with van der Waals surface area (Å²) in [4.78, 5) is 12.3. The van der Waals surface area contributed by atoms with Gasteiger partial charge in [-0.25, -0.2) is 0 Å². The Morgan fingerprint density at radius 1 is 1.12 bits per heavy atom. The summed E-state index contributed by atoms with van der Waals surface area (Å²) >= 11 is 0. The first-order valence-corrected chi connectivity index (χ1v) is 7.48. The highest BCUT2D eigenvalue weighted by Crippen LogP contribution is 2.41. The third-order valence-corrected chi connectivity index (χ3v) is 3.87. The monoisotopic (exact) mass is 322 g/mol. The summed E-state index contributed by atoms with van der Waals surface area (Å²) in [7, 11) is 0. The van der Waals surface area contributed by atoms with Gasteiger partial charge in [-0.3, -0.25) is 4.79 Å². The van der Waals surface area contributed by atoms with E-state index < -0.39 is 0 Å². The molecule has 5 heteroatoms. The van der Waals surface area contributed by atoms with Gasteiger partial charge < -0.3 is 18.7 Å². The number of aryl methyl sites for hydroxylation is 1. The van der Waals surface area contributed by atoms with E-state index in [1.54, 1.807) is 13.0 Å². The standard InChI is InChI=1S/C19H14O5/c1-11-9-14(20)15-16(21)13-7-8-22-17(13)19(18(15)24-11)23-10-12-5-3-2-4-6-12/h2-9,21H,10H2,1H3. The van der Waals surface area contributed by atoms with Crippen molar-refractivity contribution in [2.24, 2.45) is 0 Å². The second-order valence-electron chi connectivity index (χ2n) is 5.54. The number of hydrogen-bond donors (Lipinski definition) is 1. The molecule has 2 aromatic heterocycles. The normalized spacial score (nSPS) is 11.2. The molecule has 0 unspecified atom stereocenters. The van der Waals surface area contributed by atoms with Crippen LogP contribution in [0.1, 0.15) is 11.3 Å². The SMILES string of the molecule is Cc1cc(=O)c2c(O)c3ccoc3c(OCc3ccccc3)c2o1. The molecule has 1 N–H and O–H groups in total. The van der Waals surface area contributed by atoms with Gasteiger partial charge in [0.2, 0.25) is 5.75 Å². The zero-order valence-corrected chi connectivity index (χ0v) is 12.9. The second-order valence-corrected chi connectivity index (χ2v) is 5.54. The van der Waals surface area contributed by atoms with E-state index in [0.717, 1.165) is 5.56 Å². The van der Waals surface area contributed by atoms with Crippen LogP contribution in [0.3, 0.4) is 0 Å². The van der Waals surface area contributed by atoms with Gasteiger partial charge in [-0.05, 0) is 18.6 Å². The van der Waals surface area contributed by atoms with Gasteiger partial charge >= 0.3 is 0 Å². The maximum absolute atomic E-state index is 12.3. The lowest BCUT2D eigenvalue weighted by Crippen LogP contribution is -2.03. The number of furan rings is 1. The van der Waals surface area contributed by atoms with Gasteiger partial charge in [0.15, 0.2) is 16.6 Å².